The zero-order valence-electron chi connectivity index (χ0n) is 13.4. The minimum atomic E-state index is -0.534. The molecule has 0 spiro atoms. The zero-order chi connectivity index (χ0) is 15.9. The summed E-state index contributed by atoms with van der Waals surface area (Å²) in [4.78, 5) is 0. The van der Waals surface area contributed by atoms with Crippen LogP contribution in [0.1, 0.15) is 24.8 Å². The minimum absolute atomic E-state index is 0.318. The van der Waals surface area contributed by atoms with Crippen molar-refractivity contribution in [1.82, 2.24) is 9.78 Å². The second-order valence-electron chi connectivity index (χ2n) is 6.28. The van der Waals surface area contributed by atoms with Crippen LogP contribution in [0.2, 0.25) is 0 Å². The topological polar surface area (TPSA) is 59.3 Å². The van der Waals surface area contributed by atoms with Gasteiger partial charge in [0.15, 0.2) is 0 Å². The highest BCUT2D eigenvalue weighted by atomic mass is 16.5. The second kappa shape index (κ2) is 8.13. The Kier molecular flexibility index (Phi) is 5.66. The maximum Gasteiger partial charge on any atom is 0.0945 e. The van der Waals surface area contributed by atoms with E-state index in [1.807, 2.05) is 47.4 Å². The Morgan fingerprint density at radius 1 is 1.30 bits per heavy atom. The molecule has 1 saturated carbocycles. The van der Waals surface area contributed by atoms with E-state index in [2.05, 4.69) is 10.4 Å². The molecule has 23 heavy (non-hydrogen) atoms. The first-order chi connectivity index (χ1) is 11.3. The first kappa shape index (κ1) is 16.0. The summed E-state index contributed by atoms with van der Waals surface area (Å²) in [6.45, 7) is 2.31. The molecular formula is C18H25N3O2. The number of aliphatic hydroxyl groups excluding tert-OH is 1. The summed E-state index contributed by atoms with van der Waals surface area (Å²) in [6.07, 6.45) is 7.28. The molecular weight excluding hydrogens is 290 g/mol. The molecule has 3 rings (SSSR count). The van der Waals surface area contributed by atoms with Crippen LogP contribution in [0.3, 0.4) is 0 Å². The number of anilines is 1. The quantitative estimate of drug-likeness (QED) is 0.747. The van der Waals surface area contributed by atoms with Gasteiger partial charge in [-0.05, 0) is 24.3 Å². The smallest absolute Gasteiger partial charge is 0.0945 e. The Morgan fingerprint density at radius 2 is 2.13 bits per heavy atom. The van der Waals surface area contributed by atoms with Crippen molar-refractivity contribution in [3.63, 3.8) is 0 Å². The van der Waals surface area contributed by atoms with E-state index in [4.69, 9.17) is 4.74 Å². The van der Waals surface area contributed by atoms with Crippen molar-refractivity contribution in [2.45, 2.75) is 38.5 Å². The van der Waals surface area contributed by atoms with Crippen LogP contribution >= 0.6 is 0 Å². The summed E-state index contributed by atoms with van der Waals surface area (Å²) in [5, 5.41) is 17.5. The molecule has 1 unspecified atom stereocenters. The number of hydrogen-bond acceptors (Lipinski definition) is 4. The predicted octanol–water partition coefficient (Wildman–Crippen LogP) is 2.67. The minimum Gasteiger partial charge on any atom is -0.389 e. The van der Waals surface area contributed by atoms with E-state index in [-0.39, 0.29) is 0 Å². The van der Waals surface area contributed by atoms with Crippen LogP contribution in [0, 0.1) is 5.92 Å². The fraction of sp³-hybridized carbons (Fsp3) is 0.500. The number of nitrogens with zero attached hydrogens (tertiary/aromatic N) is 2. The second-order valence-corrected chi connectivity index (χ2v) is 6.28. The standard InChI is InChI=1S/C18H25N3O2/c22-18(14-23-13-16-5-2-1-3-6-16)10-19-17-9-20-21(12-17)11-15-7-4-8-15/h1-3,5-6,9,12,15,18-19,22H,4,7-8,10-11,13-14H2. The molecule has 1 aliphatic carbocycles. The van der Waals surface area contributed by atoms with E-state index < -0.39 is 6.10 Å². The Labute approximate surface area is 137 Å². The molecule has 1 heterocycles. The van der Waals surface area contributed by atoms with Gasteiger partial charge >= 0.3 is 0 Å². The molecule has 0 bridgehead atoms. The van der Waals surface area contributed by atoms with E-state index >= 15 is 0 Å². The molecule has 2 aromatic rings. The molecule has 0 amide bonds. The van der Waals surface area contributed by atoms with Crippen LogP contribution in [-0.2, 0) is 17.9 Å². The van der Waals surface area contributed by atoms with Crippen molar-refractivity contribution in [2.24, 2.45) is 5.92 Å². The summed E-state index contributed by atoms with van der Waals surface area (Å²) >= 11 is 0. The lowest BCUT2D eigenvalue weighted by Gasteiger charge is -2.24. The van der Waals surface area contributed by atoms with Crippen LogP contribution in [-0.4, -0.2) is 34.1 Å². The van der Waals surface area contributed by atoms with Crippen LogP contribution in [0.15, 0.2) is 42.7 Å². The van der Waals surface area contributed by atoms with Gasteiger partial charge in [-0.1, -0.05) is 36.8 Å². The Morgan fingerprint density at radius 3 is 2.87 bits per heavy atom. The van der Waals surface area contributed by atoms with Gasteiger partial charge in [-0.2, -0.15) is 5.10 Å². The lowest BCUT2D eigenvalue weighted by Crippen LogP contribution is -2.24. The SMILES string of the molecule is OC(CNc1cnn(CC2CCC2)c1)COCc1ccccc1. The van der Waals surface area contributed by atoms with Crippen LogP contribution < -0.4 is 5.32 Å². The molecule has 1 aromatic carbocycles. The highest BCUT2D eigenvalue weighted by molar-refractivity contribution is 5.38. The van der Waals surface area contributed by atoms with Gasteiger partial charge < -0.3 is 15.2 Å². The Bertz CT molecular complexity index is 581. The average molecular weight is 315 g/mol. The molecule has 1 aliphatic rings. The third-order valence-electron chi connectivity index (χ3n) is 4.27. The van der Waals surface area contributed by atoms with E-state index in [1.165, 1.54) is 19.3 Å². The first-order valence-electron chi connectivity index (χ1n) is 8.35. The summed E-state index contributed by atoms with van der Waals surface area (Å²) in [6, 6.07) is 9.98. The van der Waals surface area contributed by atoms with Gasteiger partial charge in [-0.3, -0.25) is 4.68 Å². The van der Waals surface area contributed by atoms with Crippen molar-refractivity contribution in [3.8, 4) is 0 Å². The molecule has 1 aromatic heterocycles. The van der Waals surface area contributed by atoms with Gasteiger partial charge in [0.25, 0.3) is 0 Å². The Balaban J connectivity index is 1.33. The molecule has 1 fully saturated rings. The number of aromatic nitrogens is 2. The summed E-state index contributed by atoms with van der Waals surface area (Å²) in [5.41, 5.74) is 2.07. The first-order valence-corrected chi connectivity index (χ1v) is 8.35. The number of aliphatic hydroxyl groups is 1. The highest BCUT2D eigenvalue weighted by Gasteiger charge is 2.18. The predicted molar refractivity (Wildman–Crippen MR) is 90.2 cm³/mol. The van der Waals surface area contributed by atoms with E-state index in [0.717, 1.165) is 23.7 Å². The normalized spacial score (nSPS) is 16.0. The molecule has 5 nitrogen and oxygen atoms in total. The molecule has 124 valence electrons. The van der Waals surface area contributed by atoms with Gasteiger partial charge in [0, 0.05) is 19.3 Å². The zero-order valence-corrected chi connectivity index (χ0v) is 13.4. The summed E-state index contributed by atoms with van der Waals surface area (Å²) in [7, 11) is 0. The van der Waals surface area contributed by atoms with Crippen LogP contribution in [0.25, 0.3) is 0 Å². The molecule has 0 aliphatic heterocycles. The average Bonchev–Trinajstić information content (AvgIpc) is 2.98. The van der Waals surface area contributed by atoms with Crippen molar-refractivity contribution >= 4 is 5.69 Å². The fourth-order valence-corrected chi connectivity index (χ4v) is 2.68. The van der Waals surface area contributed by atoms with Crippen molar-refractivity contribution in [3.05, 3.63) is 48.3 Å². The van der Waals surface area contributed by atoms with Crippen molar-refractivity contribution in [1.29, 1.82) is 0 Å². The molecule has 0 saturated heterocycles. The van der Waals surface area contributed by atoms with E-state index in [1.54, 1.807) is 0 Å². The van der Waals surface area contributed by atoms with Crippen LogP contribution in [0.5, 0.6) is 0 Å². The Hall–Kier alpha value is -1.85. The van der Waals surface area contributed by atoms with Gasteiger partial charge in [-0.15, -0.1) is 0 Å². The molecule has 2 N–H and O–H groups in total. The molecule has 1 atom stereocenters. The van der Waals surface area contributed by atoms with Crippen molar-refractivity contribution in [2.75, 3.05) is 18.5 Å². The highest BCUT2D eigenvalue weighted by Crippen LogP contribution is 2.27. The third kappa shape index (κ3) is 5.08. The number of benzene rings is 1. The molecule has 0 radical (unpaired) electrons. The van der Waals surface area contributed by atoms with Gasteiger partial charge in [0.1, 0.15) is 0 Å². The number of hydrogen-bond donors (Lipinski definition) is 2. The van der Waals surface area contributed by atoms with Gasteiger partial charge in [0.2, 0.25) is 0 Å². The monoisotopic (exact) mass is 315 g/mol. The van der Waals surface area contributed by atoms with E-state index in [0.29, 0.717) is 19.8 Å². The third-order valence-corrected chi connectivity index (χ3v) is 4.27. The summed E-state index contributed by atoms with van der Waals surface area (Å²) in [5.74, 6) is 0.791. The van der Waals surface area contributed by atoms with E-state index in [9.17, 15) is 5.11 Å². The van der Waals surface area contributed by atoms with Crippen LogP contribution in [0.4, 0.5) is 5.69 Å². The van der Waals surface area contributed by atoms with Crippen molar-refractivity contribution < 1.29 is 9.84 Å². The van der Waals surface area contributed by atoms with Gasteiger partial charge in [-0.25, -0.2) is 0 Å². The molecule has 5 heteroatoms. The largest absolute Gasteiger partial charge is 0.389 e. The number of ether oxygens (including phenoxy) is 1. The lowest BCUT2D eigenvalue weighted by atomic mass is 9.85. The maximum absolute atomic E-state index is 9.97. The maximum atomic E-state index is 9.97. The lowest BCUT2D eigenvalue weighted by molar-refractivity contribution is 0.0348. The number of rotatable bonds is 9. The number of nitrogens with one attached hydrogen (secondary N) is 1. The fourth-order valence-electron chi connectivity index (χ4n) is 2.68. The summed E-state index contributed by atoms with van der Waals surface area (Å²) < 4.78 is 7.53. The van der Waals surface area contributed by atoms with Gasteiger partial charge in [0.05, 0.1) is 31.2 Å².